The van der Waals surface area contributed by atoms with E-state index in [-0.39, 0.29) is 0 Å². The van der Waals surface area contributed by atoms with Gasteiger partial charge in [-0.15, -0.1) is 0 Å². The van der Waals surface area contributed by atoms with Crippen LogP contribution in [0.1, 0.15) is 6.92 Å². The Morgan fingerprint density at radius 1 is 1.89 bits per heavy atom. The van der Waals surface area contributed by atoms with Crippen molar-refractivity contribution >= 4 is 11.6 Å². The maximum absolute atomic E-state index is 10.5. The zero-order valence-electron chi connectivity index (χ0n) is 5.22. The van der Waals surface area contributed by atoms with Crippen LogP contribution in [0.2, 0.25) is 0 Å². The van der Waals surface area contributed by atoms with E-state index >= 15 is 0 Å². The van der Waals surface area contributed by atoms with E-state index in [1.54, 1.807) is 6.92 Å². The van der Waals surface area contributed by atoms with Crippen molar-refractivity contribution in [3.05, 3.63) is 12.8 Å². The number of aliphatic imine (C=N–C) groups is 1. The fourth-order valence-corrected chi connectivity index (χ4v) is 0.300. The smallest absolute Gasteiger partial charge is 0.279 e. The predicted octanol–water partition coefficient (Wildman–Crippen LogP) is -0.419. The first kappa shape index (κ1) is 7.84. The third-order valence-corrected chi connectivity index (χ3v) is 0.745. The van der Waals surface area contributed by atoms with Crippen LogP contribution in [0.3, 0.4) is 0 Å². The van der Waals surface area contributed by atoms with E-state index in [9.17, 15) is 4.79 Å². The van der Waals surface area contributed by atoms with Gasteiger partial charge in [0.05, 0.1) is 0 Å². The lowest BCUT2D eigenvalue weighted by molar-refractivity contribution is -0.114. The summed E-state index contributed by atoms with van der Waals surface area (Å²) in [6.45, 7) is 4.85. The molecule has 0 aromatic heterocycles. The molecule has 0 aliphatic carbocycles. The number of amides is 1. The molecule has 0 aliphatic rings. The molecule has 0 aromatic rings. The molecule has 0 heterocycles. The quantitative estimate of drug-likeness (QED) is 0.229. The molecule has 0 radical (unpaired) electrons. The van der Waals surface area contributed by atoms with E-state index in [1.165, 1.54) is 6.20 Å². The molecule has 0 bridgehead atoms. The largest absolute Gasteiger partial charge is 0.289 e. The Morgan fingerprint density at radius 3 is 2.78 bits per heavy atom. The van der Waals surface area contributed by atoms with Gasteiger partial charge in [-0.05, 0) is 6.92 Å². The van der Waals surface area contributed by atoms with Gasteiger partial charge >= 0.3 is 0 Å². The van der Waals surface area contributed by atoms with Crippen LogP contribution < -0.4 is 11.3 Å². The Kier molecular flexibility index (Phi) is 3.31. The highest BCUT2D eigenvalue weighted by Gasteiger charge is 1.98. The molecule has 4 heteroatoms. The predicted molar refractivity (Wildman–Crippen MR) is 35.6 cm³/mol. The fourth-order valence-electron chi connectivity index (χ4n) is 0.300. The van der Waals surface area contributed by atoms with Crippen molar-refractivity contribution in [1.82, 2.24) is 5.43 Å². The molecule has 0 spiro atoms. The minimum absolute atomic E-state index is 0.299. The van der Waals surface area contributed by atoms with Crippen molar-refractivity contribution in [3.63, 3.8) is 0 Å². The molecule has 9 heavy (non-hydrogen) atoms. The van der Waals surface area contributed by atoms with E-state index in [0.29, 0.717) is 5.71 Å². The average molecular weight is 127 g/mol. The van der Waals surface area contributed by atoms with Crippen LogP contribution in [0.4, 0.5) is 0 Å². The van der Waals surface area contributed by atoms with E-state index in [1.807, 2.05) is 5.43 Å². The molecule has 1 amide bonds. The van der Waals surface area contributed by atoms with Crippen molar-refractivity contribution in [2.24, 2.45) is 10.8 Å². The molecule has 0 saturated heterocycles. The number of nitrogens with two attached hydrogens (primary N) is 1. The molecule has 0 fully saturated rings. The van der Waals surface area contributed by atoms with E-state index < -0.39 is 5.91 Å². The number of rotatable bonds is 2. The Hall–Kier alpha value is -1.16. The Labute approximate surface area is 53.4 Å². The molecule has 0 atom stereocenters. The molecule has 4 nitrogen and oxygen atoms in total. The first-order valence-corrected chi connectivity index (χ1v) is 2.38. The SMILES string of the molecule is C=CN=C(C)C(=O)NN. The highest BCUT2D eigenvalue weighted by Crippen LogP contribution is 1.76. The van der Waals surface area contributed by atoms with Crippen molar-refractivity contribution in [2.75, 3.05) is 0 Å². The Morgan fingerprint density at radius 2 is 2.44 bits per heavy atom. The first-order chi connectivity index (χ1) is 4.22. The van der Waals surface area contributed by atoms with Gasteiger partial charge in [0.25, 0.3) is 5.91 Å². The number of nitrogens with zero attached hydrogens (tertiary/aromatic N) is 1. The van der Waals surface area contributed by atoms with Gasteiger partial charge in [-0.2, -0.15) is 0 Å². The normalized spacial score (nSPS) is 10.7. The van der Waals surface area contributed by atoms with Gasteiger partial charge in [0.15, 0.2) is 0 Å². The first-order valence-electron chi connectivity index (χ1n) is 2.38. The molecule has 0 unspecified atom stereocenters. The third-order valence-electron chi connectivity index (χ3n) is 0.745. The minimum Gasteiger partial charge on any atom is -0.289 e. The van der Waals surface area contributed by atoms with Gasteiger partial charge in [0.2, 0.25) is 0 Å². The lowest BCUT2D eigenvalue weighted by atomic mass is 10.4. The minimum atomic E-state index is -0.394. The van der Waals surface area contributed by atoms with E-state index in [4.69, 9.17) is 5.84 Å². The second kappa shape index (κ2) is 3.80. The summed E-state index contributed by atoms with van der Waals surface area (Å²) in [6.07, 6.45) is 1.28. The number of hydrogen-bond acceptors (Lipinski definition) is 3. The second-order valence-electron chi connectivity index (χ2n) is 1.37. The third kappa shape index (κ3) is 2.61. The van der Waals surface area contributed by atoms with Crippen LogP contribution in [-0.2, 0) is 4.79 Å². The molecular weight excluding hydrogens is 118 g/mol. The van der Waals surface area contributed by atoms with E-state index in [0.717, 1.165) is 0 Å². The number of carbonyl (C=O) groups excluding carboxylic acids is 1. The molecule has 3 N–H and O–H groups in total. The van der Waals surface area contributed by atoms with E-state index in [2.05, 4.69) is 11.6 Å². The van der Waals surface area contributed by atoms with Gasteiger partial charge in [0, 0.05) is 6.20 Å². The monoisotopic (exact) mass is 127 g/mol. The summed E-state index contributed by atoms with van der Waals surface area (Å²) >= 11 is 0. The summed E-state index contributed by atoms with van der Waals surface area (Å²) in [5, 5.41) is 0. The van der Waals surface area contributed by atoms with Gasteiger partial charge in [-0.3, -0.25) is 15.2 Å². The number of carbonyl (C=O) groups is 1. The molecule has 0 rings (SSSR count). The van der Waals surface area contributed by atoms with Crippen LogP contribution in [0.25, 0.3) is 0 Å². The summed E-state index contributed by atoms with van der Waals surface area (Å²) in [6, 6.07) is 0. The van der Waals surface area contributed by atoms with Gasteiger partial charge < -0.3 is 0 Å². The summed E-state index contributed by atoms with van der Waals surface area (Å²) in [4.78, 5) is 14.1. The number of nitrogens with one attached hydrogen (secondary N) is 1. The maximum Gasteiger partial charge on any atom is 0.279 e. The van der Waals surface area contributed by atoms with Crippen molar-refractivity contribution < 1.29 is 4.79 Å². The lowest BCUT2D eigenvalue weighted by Gasteiger charge is -1.93. The van der Waals surface area contributed by atoms with Crippen LogP contribution in [0, 0.1) is 0 Å². The highest BCUT2D eigenvalue weighted by atomic mass is 16.2. The fraction of sp³-hybridized carbons (Fsp3) is 0.200. The molecule has 50 valence electrons. The number of hydrazine groups is 1. The van der Waals surface area contributed by atoms with Crippen molar-refractivity contribution in [3.8, 4) is 0 Å². The topological polar surface area (TPSA) is 67.5 Å². The molecule has 0 saturated carbocycles. The molecule has 0 aliphatic heterocycles. The Balaban J connectivity index is 4.01. The van der Waals surface area contributed by atoms with Gasteiger partial charge in [0.1, 0.15) is 5.71 Å². The van der Waals surface area contributed by atoms with Crippen molar-refractivity contribution in [1.29, 1.82) is 0 Å². The second-order valence-corrected chi connectivity index (χ2v) is 1.37. The average Bonchev–Trinajstić information content (AvgIpc) is 1.87. The van der Waals surface area contributed by atoms with Gasteiger partial charge in [-0.1, -0.05) is 6.58 Å². The number of hydrogen-bond donors (Lipinski definition) is 2. The Bertz CT molecular complexity index is 150. The van der Waals surface area contributed by atoms with Gasteiger partial charge in [-0.25, -0.2) is 5.84 Å². The van der Waals surface area contributed by atoms with Crippen LogP contribution >= 0.6 is 0 Å². The zero-order valence-corrected chi connectivity index (χ0v) is 5.22. The zero-order chi connectivity index (χ0) is 7.28. The summed E-state index contributed by atoms with van der Waals surface area (Å²) in [5.41, 5.74) is 2.23. The summed E-state index contributed by atoms with van der Waals surface area (Å²) < 4.78 is 0. The standard InChI is InChI=1S/C5H9N3O/c1-3-7-4(2)5(9)8-6/h3H,1,6H2,2H3,(H,8,9). The molecule has 0 aromatic carbocycles. The van der Waals surface area contributed by atoms with Crippen LogP contribution in [-0.4, -0.2) is 11.6 Å². The highest BCUT2D eigenvalue weighted by molar-refractivity contribution is 6.37. The van der Waals surface area contributed by atoms with Crippen LogP contribution in [0.15, 0.2) is 17.8 Å². The van der Waals surface area contributed by atoms with Crippen LogP contribution in [0.5, 0.6) is 0 Å². The summed E-state index contributed by atoms with van der Waals surface area (Å²) in [5.74, 6) is 4.39. The lowest BCUT2D eigenvalue weighted by Crippen LogP contribution is -2.34. The molecular formula is C5H9N3O. The maximum atomic E-state index is 10.5. The van der Waals surface area contributed by atoms with Crippen molar-refractivity contribution in [2.45, 2.75) is 6.92 Å². The summed E-state index contributed by atoms with van der Waals surface area (Å²) in [7, 11) is 0.